The average Bonchev–Trinajstić information content (AvgIpc) is 2.31. The van der Waals surface area contributed by atoms with Gasteiger partial charge in [-0.3, -0.25) is 9.78 Å². The first-order chi connectivity index (χ1) is 8.54. The molecule has 0 aliphatic heterocycles. The fourth-order valence-electron chi connectivity index (χ4n) is 1.61. The second-order valence-corrected chi connectivity index (χ2v) is 5.08. The first-order valence-electron chi connectivity index (χ1n) is 5.56. The predicted octanol–water partition coefficient (Wildman–Crippen LogP) is 3.71. The monoisotopic (exact) mass is 304 g/mol. The number of aryl methyl sites for hydroxylation is 2. The molecule has 1 heterocycles. The van der Waals surface area contributed by atoms with Crippen LogP contribution < -0.4 is 5.32 Å². The van der Waals surface area contributed by atoms with Crippen LogP contribution in [0, 0.1) is 13.8 Å². The third-order valence-electron chi connectivity index (χ3n) is 2.47. The van der Waals surface area contributed by atoms with E-state index in [1.165, 1.54) is 0 Å². The van der Waals surface area contributed by atoms with Crippen molar-refractivity contribution < 1.29 is 4.79 Å². The maximum atomic E-state index is 12.0. The summed E-state index contributed by atoms with van der Waals surface area (Å²) in [5, 5.41) is 2.82. The lowest BCUT2D eigenvalue weighted by Gasteiger charge is -2.06. The van der Waals surface area contributed by atoms with Crippen LogP contribution in [0.1, 0.15) is 21.6 Å². The molecule has 0 fully saturated rings. The molecule has 18 heavy (non-hydrogen) atoms. The van der Waals surface area contributed by atoms with Crippen LogP contribution in [0.4, 0.5) is 5.69 Å². The summed E-state index contributed by atoms with van der Waals surface area (Å²) in [4.78, 5) is 16.2. The largest absolute Gasteiger partial charge is 0.321 e. The standard InChI is InChI=1S/C14H13BrN2O/c1-9-5-11(7-12(15)6-9)14(18)17-13-4-3-10(2)16-8-13/h3-8H,1-2H3,(H,17,18). The van der Waals surface area contributed by atoms with E-state index >= 15 is 0 Å². The third-order valence-corrected chi connectivity index (χ3v) is 2.93. The van der Waals surface area contributed by atoms with Crippen LogP contribution in [0.25, 0.3) is 0 Å². The first kappa shape index (κ1) is 12.8. The molecule has 0 saturated heterocycles. The van der Waals surface area contributed by atoms with Crippen molar-refractivity contribution in [1.29, 1.82) is 0 Å². The Balaban J connectivity index is 2.19. The van der Waals surface area contributed by atoms with Gasteiger partial charge in [-0.2, -0.15) is 0 Å². The van der Waals surface area contributed by atoms with Gasteiger partial charge >= 0.3 is 0 Å². The molecule has 0 aliphatic rings. The van der Waals surface area contributed by atoms with Crippen LogP contribution in [0.5, 0.6) is 0 Å². The number of rotatable bonds is 2. The minimum absolute atomic E-state index is 0.134. The number of carbonyl (C=O) groups excluding carboxylic acids is 1. The topological polar surface area (TPSA) is 42.0 Å². The Morgan fingerprint density at radius 3 is 2.61 bits per heavy atom. The van der Waals surface area contributed by atoms with Crippen LogP contribution in [0.15, 0.2) is 41.0 Å². The Morgan fingerprint density at radius 1 is 1.22 bits per heavy atom. The highest BCUT2D eigenvalue weighted by Crippen LogP contribution is 2.16. The number of aromatic nitrogens is 1. The fourth-order valence-corrected chi connectivity index (χ4v) is 2.22. The number of amides is 1. The molecule has 4 heteroatoms. The molecule has 0 atom stereocenters. The summed E-state index contributed by atoms with van der Waals surface area (Å²) >= 11 is 3.38. The maximum absolute atomic E-state index is 12.0. The molecule has 0 spiro atoms. The molecule has 0 bridgehead atoms. The molecule has 0 aliphatic carbocycles. The number of hydrogen-bond acceptors (Lipinski definition) is 2. The van der Waals surface area contributed by atoms with Gasteiger partial charge in [-0.15, -0.1) is 0 Å². The maximum Gasteiger partial charge on any atom is 0.255 e. The van der Waals surface area contributed by atoms with Gasteiger partial charge in [0.15, 0.2) is 0 Å². The van der Waals surface area contributed by atoms with Gasteiger partial charge in [-0.1, -0.05) is 15.9 Å². The van der Waals surface area contributed by atoms with Crippen LogP contribution in [0.3, 0.4) is 0 Å². The van der Waals surface area contributed by atoms with Crippen molar-refractivity contribution in [3.8, 4) is 0 Å². The lowest BCUT2D eigenvalue weighted by molar-refractivity contribution is 0.102. The van der Waals surface area contributed by atoms with Gasteiger partial charge in [0, 0.05) is 15.7 Å². The van der Waals surface area contributed by atoms with E-state index in [0.29, 0.717) is 11.3 Å². The summed E-state index contributed by atoms with van der Waals surface area (Å²) in [6.45, 7) is 3.86. The van der Waals surface area contributed by atoms with Crippen molar-refractivity contribution in [2.75, 3.05) is 5.32 Å². The van der Waals surface area contributed by atoms with E-state index in [1.807, 2.05) is 38.1 Å². The van der Waals surface area contributed by atoms with Gasteiger partial charge in [-0.05, 0) is 49.7 Å². The zero-order valence-electron chi connectivity index (χ0n) is 10.2. The minimum atomic E-state index is -0.134. The highest BCUT2D eigenvalue weighted by molar-refractivity contribution is 9.10. The first-order valence-corrected chi connectivity index (χ1v) is 6.35. The van der Waals surface area contributed by atoms with E-state index in [-0.39, 0.29) is 5.91 Å². The van der Waals surface area contributed by atoms with Gasteiger partial charge in [0.25, 0.3) is 5.91 Å². The fraction of sp³-hybridized carbons (Fsp3) is 0.143. The van der Waals surface area contributed by atoms with E-state index in [1.54, 1.807) is 12.3 Å². The molecule has 0 radical (unpaired) electrons. The Kier molecular flexibility index (Phi) is 3.77. The summed E-state index contributed by atoms with van der Waals surface area (Å²) < 4.78 is 0.898. The molecule has 92 valence electrons. The lowest BCUT2D eigenvalue weighted by atomic mass is 10.1. The second kappa shape index (κ2) is 5.31. The summed E-state index contributed by atoms with van der Waals surface area (Å²) in [5.41, 5.74) is 3.29. The smallest absolute Gasteiger partial charge is 0.255 e. The zero-order valence-corrected chi connectivity index (χ0v) is 11.8. The Hall–Kier alpha value is -1.68. The molecule has 0 unspecified atom stereocenters. The molecule has 0 saturated carbocycles. The molecule has 2 aromatic rings. The molecule has 3 nitrogen and oxygen atoms in total. The van der Waals surface area contributed by atoms with E-state index in [2.05, 4.69) is 26.2 Å². The van der Waals surface area contributed by atoms with Crippen molar-refractivity contribution in [3.05, 3.63) is 57.8 Å². The lowest BCUT2D eigenvalue weighted by Crippen LogP contribution is -2.12. The molecular formula is C14H13BrN2O. The van der Waals surface area contributed by atoms with E-state index < -0.39 is 0 Å². The Labute approximate surface area is 114 Å². The number of anilines is 1. The number of nitrogens with one attached hydrogen (secondary N) is 1. The van der Waals surface area contributed by atoms with Gasteiger partial charge in [-0.25, -0.2) is 0 Å². The SMILES string of the molecule is Cc1cc(Br)cc(C(=O)Nc2ccc(C)nc2)c1. The van der Waals surface area contributed by atoms with E-state index in [9.17, 15) is 4.79 Å². The minimum Gasteiger partial charge on any atom is -0.321 e. The normalized spacial score (nSPS) is 10.2. The molecular weight excluding hydrogens is 292 g/mol. The van der Waals surface area contributed by atoms with Crippen LogP contribution in [-0.4, -0.2) is 10.9 Å². The van der Waals surface area contributed by atoms with Crippen molar-refractivity contribution in [1.82, 2.24) is 4.98 Å². The number of halogens is 1. The number of carbonyl (C=O) groups is 1. The van der Waals surface area contributed by atoms with E-state index in [4.69, 9.17) is 0 Å². The summed E-state index contributed by atoms with van der Waals surface area (Å²) in [6.07, 6.45) is 1.65. The highest BCUT2D eigenvalue weighted by atomic mass is 79.9. The number of nitrogens with zero attached hydrogens (tertiary/aromatic N) is 1. The van der Waals surface area contributed by atoms with Gasteiger partial charge in [0.2, 0.25) is 0 Å². The van der Waals surface area contributed by atoms with E-state index in [0.717, 1.165) is 15.7 Å². The van der Waals surface area contributed by atoms with Crippen LogP contribution >= 0.6 is 15.9 Å². The molecule has 2 rings (SSSR count). The van der Waals surface area contributed by atoms with Gasteiger partial charge in [0.05, 0.1) is 11.9 Å². The number of benzene rings is 1. The molecule has 1 aromatic carbocycles. The van der Waals surface area contributed by atoms with Crippen molar-refractivity contribution in [2.45, 2.75) is 13.8 Å². The molecule has 1 aromatic heterocycles. The quantitative estimate of drug-likeness (QED) is 0.919. The predicted molar refractivity (Wildman–Crippen MR) is 75.8 cm³/mol. The summed E-state index contributed by atoms with van der Waals surface area (Å²) in [5.74, 6) is -0.134. The van der Waals surface area contributed by atoms with Crippen molar-refractivity contribution >= 4 is 27.5 Å². The van der Waals surface area contributed by atoms with Crippen molar-refractivity contribution in [3.63, 3.8) is 0 Å². The van der Waals surface area contributed by atoms with Gasteiger partial charge in [0.1, 0.15) is 0 Å². The highest BCUT2D eigenvalue weighted by Gasteiger charge is 2.07. The van der Waals surface area contributed by atoms with Crippen molar-refractivity contribution in [2.24, 2.45) is 0 Å². The molecule has 1 amide bonds. The summed E-state index contributed by atoms with van der Waals surface area (Å²) in [6, 6.07) is 9.31. The van der Waals surface area contributed by atoms with Crippen LogP contribution in [-0.2, 0) is 0 Å². The van der Waals surface area contributed by atoms with Crippen LogP contribution in [0.2, 0.25) is 0 Å². The summed E-state index contributed by atoms with van der Waals surface area (Å²) in [7, 11) is 0. The molecule has 1 N–H and O–H groups in total. The zero-order chi connectivity index (χ0) is 13.1. The third kappa shape index (κ3) is 3.17. The number of hydrogen-bond donors (Lipinski definition) is 1. The second-order valence-electron chi connectivity index (χ2n) is 4.16. The Bertz CT molecular complexity index is 559. The average molecular weight is 305 g/mol. The van der Waals surface area contributed by atoms with Gasteiger partial charge < -0.3 is 5.32 Å². The Morgan fingerprint density at radius 2 is 2.00 bits per heavy atom. The number of pyridine rings is 1.